The Kier molecular flexibility index (Phi) is 15.2. The summed E-state index contributed by atoms with van der Waals surface area (Å²) < 4.78 is 22.0. The van der Waals surface area contributed by atoms with Crippen LogP contribution in [0.1, 0.15) is 75.3 Å². The van der Waals surface area contributed by atoms with Crippen molar-refractivity contribution in [2.45, 2.75) is 126 Å². The molecule has 6 saturated heterocycles. The molecule has 2 aromatic carbocycles. The lowest BCUT2D eigenvalue weighted by atomic mass is 10.0. The van der Waals surface area contributed by atoms with Crippen molar-refractivity contribution in [1.29, 1.82) is 0 Å². The lowest BCUT2D eigenvalue weighted by Gasteiger charge is -2.43. The Morgan fingerprint density at radius 3 is 1.36 bits per heavy atom. The highest BCUT2D eigenvalue weighted by atomic mass is 16.7. The Morgan fingerprint density at radius 1 is 0.594 bits per heavy atom. The van der Waals surface area contributed by atoms with Crippen LogP contribution < -0.4 is 21.3 Å². The Bertz CT molecular complexity index is 1900. The third kappa shape index (κ3) is 10.7. The van der Waals surface area contributed by atoms with Crippen molar-refractivity contribution in [2.24, 2.45) is 0 Å². The smallest absolute Gasteiger partial charge is 0.310 e. The van der Waals surface area contributed by atoms with E-state index >= 15 is 0 Å². The number of nitrogens with zero attached hydrogens (tertiary/aromatic N) is 4. The zero-order valence-corrected chi connectivity index (χ0v) is 36.0. The molecule has 0 saturated carbocycles. The average Bonchev–Trinajstić information content (AvgIpc) is 3.77. The Labute approximate surface area is 370 Å². The number of hydrogen-bond acceptors (Lipinski definition) is 14. The molecule has 8 atom stereocenters. The molecule has 6 fully saturated rings. The van der Waals surface area contributed by atoms with Gasteiger partial charge < -0.3 is 40.2 Å². The Hall–Kier alpha value is -5.96. The van der Waals surface area contributed by atoms with Crippen molar-refractivity contribution < 1.29 is 57.3 Å². The zero-order chi connectivity index (χ0) is 45.3. The maximum absolute atomic E-state index is 13.2. The molecule has 0 aliphatic carbocycles. The molecule has 8 rings (SSSR count). The number of ether oxygens (including phenoxy) is 4. The van der Waals surface area contributed by atoms with Crippen molar-refractivity contribution in [2.75, 3.05) is 27.2 Å². The number of fused-ring (bicyclic) bond motifs is 2. The van der Waals surface area contributed by atoms with Gasteiger partial charge in [0.25, 0.3) is 11.8 Å². The van der Waals surface area contributed by atoms with Crippen LogP contribution in [0.25, 0.3) is 0 Å². The number of carbonyl (C=O) groups is 8. The van der Waals surface area contributed by atoms with Gasteiger partial charge in [-0.15, -0.1) is 0 Å². The first-order chi connectivity index (χ1) is 30.9. The number of rotatable bonds is 12. The molecule has 0 spiro atoms. The van der Waals surface area contributed by atoms with Gasteiger partial charge in [0.1, 0.15) is 24.2 Å². The molecule has 4 N–H and O–H groups in total. The fraction of sp³-hybridized carbons (Fsp3) is 0.545. The fourth-order valence-electron chi connectivity index (χ4n) is 8.75. The second kappa shape index (κ2) is 21.1. The van der Waals surface area contributed by atoms with Gasteiger partial charge >= 0.3 is 11.9 Å². The van der Waals surface area contributed by atoms with E-state index in [4.69, 9.17) is 18.9 Å². The zero-order valence-electron chi connectivity index (χ0n) is 36.0. The Morgan fingerprint density at radius 2 is 0.984 bits per heavy atom. The number of benzene rings is 2. The van der Waals surface area contributed by atoms with E-state index in [-0.39, 0.29) is 62.5 Å². The molecule has 6 heterocycles. The molecule has 6 aliphatic heterocycles. The first-order valence-electron chi connectivity index (χ1n) is 21.9. The number of amides is 6. The van der Waals surface area contributed by atoms with Gasteiger partial charge in [0.05, 0.1) is 38.1 Å². The first-order valence-corrected chi connectivity index (χ1v) is 21.9. The van der Waals surface area contributed by atoms with Gasteiger partial charge in [0, 0.05) is 25.9 Å². The highest BCUT2D eigenvalue weighted by Crippen LogP contribution is 2.28. The molecule has 2 aromatic rings. The van der Waals surface area contributed by atoms with Crippen molar-refractivity contribution in [3.8, 4) is 0 Å². The van der Waals surface area contributed by atoms with Gasteiger partial charge in [-0.1, -0.05) is 60.7 Å². The normalized spacial score (nSPS) is 28.2. The van der Waals surface area contributed by atoms with Crippen LogP contribution in [0.3, 0.4) is 0 Å². The summed E-state index contributed by atoms with van der Waals surface area (Å²) in [6.45, 7) is 1.26. The number of carbonyl (C=O) groups excluding carboxylic acids is 8. The molecular weight excluding hydrogens is 833 g/mol. The summed E-state index contributed by atoms with van der Waals surface area (Å²) in [7, 11) is 3.33. The second-order valence-electron chi connectivity index (χ2n) is 16.4. The van der Waals surface area contributed by atoms with Crippen LogP contribution >= 0.6 is 0 Å². The van der Waals surface area contributed by atoms with E-state index in [9.17, 15) is 38.4 Å². The summed E-state index contributed by atoms with van der Waals surface area (Å²) >= 11 is 0. The predicted octanol–water partition coefficient (Wildman–Crippen LogP) is 0.155. The number of hydrazine groups is 2. The summed E-state index contributed by atoms with van der Waals surface area (Å²) in [6.07, 6.45) is 1.43. The molecule has 0 aromatic heterocycles. The van der Waals surface area contributed by atoms with Gasteiger partial charge in [-0.25, -0.2) is 10.0 Å². The number of likely N-dealkylation sites (N-methyl/N-ethyl adjacent to an activating group) is 2. The average molecular weight is 889 g/mol. The minimum Gasteiger partial charge on any atom is -0.433 e. The third-order valence-electron chi connectivity index (χ3n) is 12.1. The summed E-state index contributed by atoms with van der Waals surface area (Å²) in [5.74, 6) is -2.71. The highest BCUT2D eigenvalue weighted by Gasteiger charge is 2.47. The first kappa shape index (κ1) is 46.0. The fourth-order valence-corrected chi connectivity index (χ4v) is 8.75. The summed E-state index contributed by atoms with van der Waals surface area (Å²) in [5, 5.41) is 16.9. The van der Waals surface area contributed by atoms with E-state index < -0.39 is 72.6 Å². The monoisotopic (exact) mass is 888 g/mol. The van der Waals surface area contributed by atoms with E-state index in [0.717, 1.165) is 11.1 Å². The van der Waals surface area contributed by atoms with Crippen LogP contribution in [0.15, 0.2) is 60.7 Å². The van der Waals surface area contributed by atoms with Crippen molar-refractivity contribution in [3.05, 3.63) is 71.8 Å². The van der Waals surface area contributed by atoms with E-state index in [1.807, 2.05) is 60.7 Å². The van der Waals surface area contributed by atoms with Crippen LogP contribution in [0.4, 0.5) is 0 Å². The van der Waals surface area contributed by atoms with Crippen LogP contribution in [0.2, 0.25) is 0 Å². The number of cyclic esters (lactones) is 2. The second-order valence-corrected chi connectivity index (χ2v) is 16.4. The topological polar surface area (TPSA) is 235 Å². The van der Waals surface area contributed by atoms with E-state index in [2.05, 4.69) is 21.3 Å². The van der Waals surface area contributed by atoms with Crippen molar-refractivity contribution in [1.82, 2.24) is 41.3 Å². The summed E-state index contributed by atoms with van der Waals surface area (Å²) in [4.78, 5) is 102. The van der Waals surface area contributed by atoms with Crippen LogP contribution in [-0.2, 0) is 70.5 Å². The molecule has 0 bridgehead atoms. The van der Waals surface area contributed by atoms with Crippen LogP contribution in [0, 0.1) is 0 Å². The molecule has 6 amide bonds. The van der Waals surface area contributed by atoms with Crippen LogP contribution in [-0.4, -0.2) is 143 Å². The highest BCUT2D eigenvalue weighted by molar-refractivity contribution is 5.95. The van der Waals surface area contributed by atoms with Gasteiger partial charge in [-0.3, -0.25) is 48.4 Å². The van der Waals surface area contributed by atoms with Gasteiger partial charge in [-0.05, 0) is 63.7 Å². The van der Waals surface area contributed by atoms with Crippen molar-refractivity contribution in [3.63, 3.8) is 0 Å². The summed E-state index contributed by atoms with van der Waals surface area (Å²) in [5.41, 5.74) is 1.82. The molecule has 20 heteroatoms. The standard InChI is InChI=1S/2C22H28N4O6/c2*1-23-15-9-10-18(27)25-11-5-8-17(26(25)21(15)30)20(29)24-16-12-19(28)32-22(16)31-13-14-6-3-2-4-7-14/h2*2-4,6-7,15-17,22-23H,5,8-13H2,1H3,(H,24,29)/t2*15-,16-,17-,22?/m00/s1. The maximum Gasteiger partial charge on any atom is 0.310 e. The van der Waals surface area contributed by atoms with E-state index in [1.54, 1.807) is 14.1 Å². The number of esters is 2. The number of nitrogens with one attached hydrogen (secondary N) is 4. The molecule has 0 radical (unpaired) electrons. The minimum absolute atomic E-state index is 0.0202. The maximum atomic E-state index is 13.2. The van der Waals surface area contributed by atoms with Crippen molar-refractivity contribution >= 4 is 47.4 Å². The van der Waals surface area contributed by atoms with Crippen LogP contribution in [0.5, 0.6) is 0 Å². The van der Waals surface area contributed by atoms with Gasteiger partial charge in [0.2, 0.25) is 36.2 Å². The molecule has 64 heavy (non-hydrogen) atoms. The Balaban J connectivity index is 0.000000191. The van der Waals surface area contributed by atoms with Gasteiger partial charge in [-0.2, -0.15) is 0 Å². The molecule has 344 valence electrons. The summed E-state index contributed by atoms with van der Waals surface area (Å²) in [6, 6.07) is 14.8. The number of hydrogen-bond donors (Lipinski definition) is 4. The van der Waals surface area contributed by atoms with Gasteiger partial charge in [0.15, 0.2) is 0 Å². The van der Waals surface area contributed by atoms with E-state index in [1.165, 1.54) is 20.0 Å². The minimum atomic E-state index is -0.919. The lowest BCUT2D eigenvalue weighted by Crippen LogP contribution is -2.64. The largest absolute Gasteiger partial charge is 0.433 e. The molecule has 20 nitrogen and oxygen atoms in total. The predicted molar refractivity (Wildman–Crippen MR) is 223 cm³/mol. The SMILES string of the molecule is CN[C@H]1CCC(=O)N2CCC[C@@H](C(=O)N[C@H]3CC(=O)OC3OCc3ccccc3)N2C1=O.CN[C@H]1CCC(=O)N2CCC[C@@H](C(=O)N[C@H]3CC(=O)OC3OCc3ccccc3)N2C1=O. The molecule has 6 aliphatic rings. The molecular formula is C44H56N8O12. The molecule has 2 unspecified atom stereocenters. The van der Waals surface area contributed by atoms with E-state index in [0.29, 0.717) is 51.6 Å². The third-order valence-corrected chi connectivity index (χ3v) is 12.1. The quantitative estimate of drug-likeness (QED) is 0.208. The lowest BCUT2D eigenvalue weighted by molar-refractivity contribution is -0.177.